The van der Waals surface area contributed by atoms with Gasteiger partial charge in [-0.2, -0.15) is 0 Å². The third-order valence-corrected chi connectivity index (χ3v) is 3.94. The molecule has 0 aliphatic carbocycles. The first kappa shape index (κ1) is 20.8. The fraction of sp³-hybridized carbons (Fsp3) is 0.222. The number of ether oxygens (including phenoxy) is 1. The minimum absolute atomic E-state index is 0.0838. The predicted molar refractivity (Wildman–Crippen MR) is 98.4 cm³/mol. The van der Waals surface area contributed by atoms with Crippen LogP contribution in [0.5, 0.6) is 0 Å². The fourth-order valence-corrected chi connectivity index (χ4v) is 2.46. The number of rotatable bonds is 7. The van der Waals surface area contributed by atoms with Crippen LogP contribution in [-0.2, 0) is 14.3 Å². The maximum absolute atomic E-state index is 12.8. The van der Waals surface area contributed by atoms with Crippen LogP contribution in [0.15, 0.2) is 36.5 Å². The highest BCUT2D eigenvalue weighted by Gasteiger charge is 2.20. The van der Waals surface area contributed by atoms with Crippen LogP contribution in [0.4, 0.5) is 10.2 Å². The molecule has 1 heterocycles. The molecular weight excluding hydrogens is 398 g/mol. The quantitative estimate of drug-likeness (QED) is 0.547. The summed E-state index contributed by atoms with van der Waals surface area (Å²) in [6, 6.07) is 6.40. The molecule has 0 spiro atoms. The molecule has 9 heteroatoms. The maximum atomic E-state index is 12.8. The maximum Gasteiger partial charge on any atom is 0.307 e. The first-order valence-corrected chi connectivity index (χ1v) is 8.62. The van der Waals surface area contributed by atoms with E-state index in [9.17, 15) is 18.8 Å². The van der Waals surface area contributed by atoms with E-state index in [-0.39, 0.29) is 29.5 Å². The summed E-state index contributed by atoms with van der Waals surface area (Å²) in [7, 11) is 0. The van der Waals surface area contributed by atoms with Crippen LogP contribution in [0, 0.1) is 5.82 Å². The number of carbonyl (C=O) groups is 3. The minimum atomic E-state index is -1.12. The summed E-state index contributed by atoms with van der Waals surface area (Å²) in [6.45, 7) is 1.37. The number of benzene rings is 1. The summed E-state index contributed by atoms with van der Waals surface area (Å²) in [5.41, 5.74) is 0.290. The van der Waals surface area contributed by atoms with Crippen molar-refractivity contribution in [3.63, 3.8) is 0 Å². The molecular formula is C18H15Cl2FN2O4. The molecule has 1 amide bonds. The number of anilines is 1. The average Bonchev–Trinajstić information content (AvgIpc) is 2.62. The van der Waals surface area contributed by atoms with Gasteiger partial charge in [0.1, 0.15) is 5.82 Å². The molecule has 0 aliphatic rings. The van der Waals surface area contributed by atoms with Crippen LogP contribution in [0.25, 0.3) is 0 Å². The molecule has 2 rings (SSSR count). The summed E-state index contributed by atoms with van der Waals surface area (Å²) in [4.78, 5) is 39.7. The van der Waals surface area contributed by atoms with E-state index in [1.165, 1.54) is 31.3 Å². The lowest BCUT2D eigenvalue weighted by Crippen LogP contribution is -2.30. The molecule has 0 bridgehead atoms. The van der Waals surface area contributed by atoms with Gasteiger partial charge in [0.2, 0.25) is 0 Å². The number of nitrogens with zero attached hydrogens (tertiary/aromatic N) is 1. The molecule has 0 saturated heterocycles. The lowest BCUT2D eigenvalue weighted by atomic mass is 10.1. The third kappa shape index (κ3) is 6.30. The van der Waals surface area contributed by atoms with Gasteiger partial charge in [-0.1, -0.05) is 23.2 Å². The molecule has 0 fully saturated rings. The second-order valence-electron chi connectivity index (χ2n) is 5.54. The van der Waals surface area contributed by atoms with E-state index < -0.39 is 23.8 Å². The van der Waals surface area contributed by atoms with Crippen molar-refractivity contribution in [1.29, 1.82) is 0 Å². The molecule has 2 aromatic rings. The SMILES string of the molecule is C[C@@H](OC(=O)CCC(=O)c1ccc(F)cc1)C(=O)Nc1ncc(Cl)cc1Cl. The zero-order valence-corrected chi connectivity index (χ0v) is 15.7. The van der Waals surface area contributed by atoms with Gasteiger partial charge in [-0.05, 0) is 37.3 Å². The van der Waals surface area contributed by atoms with Crippen molar-refractivity contribution >= 4 is 46.7 Å². The van der Waals surface area contributed by atoms with Crippen LogP contribution in [-0.4, -0.2) is 28.7 Å². The zero-order valence-electron chi connectivity index (χ0n) is 14.2. The predicted octanol–water partition coefficient (Wildman–Crippen LogP) is 4.06. The van der Waals surface area contributed by atoms with Gasteiger partial charge in [0.15, 0.2) is 17.7 Å². The highest BCUT2D eigenvalue weighted by molar-refractivity contribution is 6.36. The number of nitrogens with one attached hydrogen (secondary N) is 1. The molecule has 0 saturated carbocycles. The Hall–Kier alpha value is -2.51. The minimum Gasteiger partial charge on any atom is -0.453 e. The third-order valence-electron chi connectivity index (χ3n) is 3.45. The molecule has 1 aromatic carbocycles. The first-order chi connectivity index (χ1) is 12.8. The van der Waals surface area contributed by atoms with Crippen molar-refractivity contribution in [2.45, 2.75) is 25.9 Å². The van der Waals surface area contributed by atoms with E-state index in [1.807, 2.05) is 0 Å². The molecule has 6 nitrogen and oxygen atoms in total. The first-order valence-electron chi connectivity index (χ1n) is 7.86. The van der Waals surface area contributed by atoms with Gasteiger partial charge in [0.05, 0.1) is 16.5 Å². The standard InChI is InChI=1S/C18H15Cl2FN2O4/c1-10(18(26)23-17-14(20)8-12(19)9-22-17)27-16(25)7-6-15(24)11-2-4-13(21)5-3-11/h2-5,8-10H,6-7H2,1H3,(H,22,23,26)/t10-/m1/s1. The van der Waals surface area contributed by atoms with Crippen LogP contribution in [0.1, 0.15) is 30.1 Å². The monoisotopic (exact) mass is 412 g/mol. The number of pyridine rings is 1. The van der Waals surface area contributed by atoms with Crippen molar-refractivity contribution in [2.75, 3.05) is 5.32 Å². The zero-order chi connectivity index (χ0) is 20.0. The second kappa shape index (κ2) is 9.43. The van der Waals surface area contributed by atoms with Gasteiger partial charge >= 0.3 is 5.97 Å². The van der Waals surface area contributed by atoms with E-state index in [1.54, 1.807) is 0 Å². The van der Waals surface area contributed by atoms with Crippen LogP contribution < -0.4 is 5.32 Å². The molecule has 142 valence electrons. The molecule has 0 unspecified atom stereocenters. The molecule has 1 N–H and O–H groups in total. The summed E-state index contributed by atoms with van der Waals surface area (Å²) in [5.74, 6) is -2.06. The van der Waals surface area contributed by atoms with Gasteiger partial charge < -0.3 is 10.1 Å². The lowest BCUT2D eigenvalue weighted by molar-refractivity contribution is -0.153. The summed E-state index contributed by atoms with van der Waals surface area (Å²) in [6.07, 6.45) is -0.148. The Morgan fingerprint density at radius 1 is 1.19 bits per heavy atom. The Labute approximate surface area is 164 Å². The van der Waals surface area contributed by atoms with Gasteiger partial charge in [0.25, 0.3) is 5.91 Å². The number of esters is 1. The highest BCUT2D eigenvalue weighted by Crippen LogP contribution is 2.22. The van der Waals surface area contributed by atoms with Gasteiger partial charge in [0, 0.05) is 18.2 Å². The number of Topliss-reactive ketones (excluding diaryl/α,β-unsaturated/α-hetero) is 1. The number of hydrogen-bond acceptors (Lipinski definition) is 5. The van der Waals surface area contributed by atoms with E-state index in [4.69, 9.17) is 27.9 Å². The van der Waals surface area contributed by atoms with Crippen LogP contribution in [0.2, 0.25) is 10.0 Å². The van der Waals surface area contributed by atoms with E-state index in [0.29, 0.717) is 10.6 Å². The second-order valence-corrected chi connectivity index (χ2v) is 6.38. The molecule has 0 aliphatic heterocycles. The van der Waals surface area contributed by atoms with Crippen molar-refractivity contribution < 1.29 is 23.5 Å². The van der Waals surface area contributed by atoms with E-state index in [0.717, 1.165) is 12.1 Å². The Morgan fingerprint density at radius 3 is 2.48 bits per heavy atom. The highest BCUT2D eigenvalue weighted by atomic mass is 35.5. The van der Waals surface area contributed by atoms with Crippen molar-refractivity contribution in [2.24, 2.45) is 0 Å². The van der Waals surface area contributed by atoms with Crippen molar-refractivity contribution in [1.82, 2.24) is 4.98 Å². The lowest BCUT2D eigenvalue weighted by Gasteiger charge is -2.13. The largest absolute Gasteiger partial charge is 0.453 e. The van der Waals surface area contributed by atoms with Crippen molar-refractivity contribution in [3.05, 3.63) is 58.0 Å². The number of halogens is 3. The Morgan fingerprint density at radius 2 is 1.85 bits per heavy atom. The molecule has 1 atom stereocenters. The molecule has 27 heavy (non-hydrogen) atoms. The normalized spacial score (nSPS) is 11.6. The summed E-state index contributed by atoms with van der Waals surface area (Å²) < 4.78 is 17.8. The number of hydrogen-bond donors (Lipinski definition) is 1. The number of amides is 1. The Balaban J connectivity index is 1.82. The number of ketones is 1. The number of aromatic nitrogens is 1. The topological polar surface area (TPSA) is 85.4 Å². The summed E-state index contributed by atoms with van der Waals surface area (Å²) in [5, 5.41) is 2.87. The summed E-state index contributed by atoms with van der Waals surface area (Å²) >= 11 is 11.6. The molecule has 1 aromatic heterocycles. The fourth-order valence-electron chi connectivity index (χ4n) is 2.03. The van der Waals surface area contributed by atoms with Gasteiger partial charge in [-0.15, -0.1) is 0 Å². The van der Waals surface area contributed by atoms with Gasteiger partial charge in [-0.25, -0.2) is 9.37 Å². The van der Waals surface area contributed by atoms with Gasteiger partial charge in [-0.3, -0.25) is 14.4 Å². The number of carbonyl (C=O) groups excluding carboxylic acids is 3. The Kier molecular flexibility index (Phi) is 7.27. The van der Waals surface area contributed by atoms with E-state index >= 15 is 0 Å². The van der Waals surface area contributed by atoms with E-state index in [2.05, 4.69) is 10.3 Å². The van der Waals surface area contributed by atoms with Crippen LogP contribution in [0.3, 0.4) is 0 Å². The smallest absolute Gasteiger partial charge is 0.307 e. The van der Waals surface area contributed by atoms with Crippen molar-refractivity contribution in [3.8, 4) is 0 Å². The van der Waals surface area contributed by atoms with Crippen LogP contribution >= 0.6 is 23.2 Å². The molecule has 0 radical (unpaired) electrons. The average molecular weight is 413 g/mol. The Bertz CT molecular complexity index is 859.